The van der Waals surface area contributed by atoms with Crippen LogP contribution < -0.4 is 16.2 Å². The summed E-state index contributed by atoms with van der Waals surface area (Å²) in [5, 5.41) is 3.17. The summed E-state index contributed by atoms with van der Waals surface area (Å²) >= 11 is 0. The van der Waals surface area contributed by atoms with Gasteiger partial charge in [0.05, 0.1) is 6.17 Å². The maximum Gasteiger partial charge on any atom is 0.224 e. The molecule has 2 unspecified atom stereocenters. The molecule has 0 aromatic carbocycles. The molecule has 2 atom stereocenters. The fourth-order valence-electron chi connectivity index (χ4n) is 3.98. The lowest BCUT2D eigenvalue weighted by Gasteiger charge is -2.36. The third-order valence-corrected chi connectivity index (χ3v) is 5.65. The van der Waals surface area contributed by atoms with Gasteiger partial charge in [-0.3, -0.25) is 9.78 Å². The molecule has 1 amide bonds. The molecule has 1 saturated carbocycles. The fourth-order valence-corrected chi connectivity index (χ4v) is 3.98. The lowest BCUT2D eigenvalue weighted by atomic mass is 9.69. The lowest BCUT2D eigenvalue weighted by Crippen LogP contribution is -2.47. The van der Waals surface area contributed by atoms with Crippen LogP contribution >= 0.6 is 0 Å². The van der Waals surface area contributed by atoms with Crippen LogP contribution in [0.15, 0.2) is 24.5 Å². The van der Waals surface area contributed by atoms with Crippen LogP contribution in [-0.4, -0.2) is 17.1 Å². The topological polar surface area (TPSA) is 66.0 Å². The minimum atomic E-state index is -0.00370. The zero-order valence-electron chi connectivity index (χ0n) is 15.0. The highest BCUT2D eigenvalue weighted by atomic mass is 16.2. The number of amides is 1. The van der Waals surface area contributed by atoms with Crippen LogP contribution in [0.5, 0.6) is 0 Å². The first-order chi connectivity index (χ1) is 11.4. The third kappa shape index (κ3) is 4.14. The average molecular weight is 330 g/mol. The van der Waals surface area contributed by atoms with E-state index in [2.05, 4.69) is 41.9 Å². The Morgan fingerprint density at radius 1 is 1.12 bits per heavy atom. The second-order valence-corrected chi connectivity index (χ2v) is 8.33. The standard InChI is InChI=1S/C19H30N4O/c1-19(2,3)15-6-4-14(5-7-15)18(24)21-17-12-16(22-23-17)13-8-10-20-11-9-13/h8-11,14-17,22-23H,4-7,12H2,1-3H3,(H,21,24). The summed E-state index contributed by atoms with van der Waals surface area (Å²) in [7, 11) is 0. The average Bonchev–Trinajstić information content (AvgIpc) is 3.03. The summed E-state index contributed by atoms with van der Waals surface area (Å²) in [6.45, 7) is 6.93. The highest BCUT2D eigenvalue weighted by Gasteiger charge is 2.34. The quantitative estimate of drug-likeness (QED) is 0.797. The van der Waals surface area contributed by atoms with Gasteiger partial charge in [0, 0.05) is 30.8 Å². The smallest absolute Gasteiger partial charge is 0.224 e. The summed E-state index contributed by atoms with van der Waals surface area (Å²) in [6, 6.07) is 4.24. The molecule has 1 aromatic heterocycles. The molecule has 24 heavy (non-hydrogen) atoms. The molecule has 1 saturated heterocycles. The molecular formula is C19H30N4O. The molecule has 2 aliphatic rings. The van der Waals surface area contributed by atoms with Crippen molar-refractivity contribution >= 4 is 5.91 Å². The number of nitrogens with zero attached hydrogens (tertiary/aromatic N) is 1. The molecule has 1 aliphatic carbocycles. The van der Waals surface area contributed by atoms with Gasteiger partial charge < -0.3 is 5.32 Å². The van der Waals surface area contributed by atoms with Crippen molar-refractivity contribution < 1.29 is 4.79 Å². The highest BCUT2D eigenvalue weighted by molar-refractivity contribution is 5.79. The Balaban J connectivity index is 1.47. The molecule has 132 valence electrons. The summed E-state index contributed by atoms with van der Waals surface area (Å²) in [5.41, 5.74) is 8.02. The molecule has 5 nitrogen and oxygen atoms in total. The first-order valence-electron chi connectivity index (χ1n) is 9.15. The Morgan fingerprint density at radius 3 is 2.42 bits per heavy atom. The maximum absolute atomic E-state index is 12.6. The number of hydrogen-bond donors (Lipinski definition) is 3. The molecule has 0 radical (unpaired) electrons. The zero-order chi connectivity index (χ0) is 17.2. The first kappa shape index (κ1) is 17.4. The van der Waals surface area contributed by atoms with E-state index in [9.17, 15) is 4.79 Å². The van der Waals surface area contributed by atoms with E-state index in [1.165, 1.54) is 5.56 Å². The van der Waals surface area contributed by atoms with Crippen molar-refractivity contribution in [3.63, 3.8) is 0 Å². The van der Waals surface area contributed by atoms with Crippen LogP contribution in [0.4, 0.5) is 0 Å². The maximum atomic E-state index is 12.6. The van der Waals surface area contributed by atoms with Crippen LogP contribution in [0, 0.1) is 17.3 Å². The van der Waals surface area contributed by atoms with E-state index < -0.39 is 0 Å². The SMILES string of the molecule is CC(C)(C)C1CCC(C(=O)NC2CC(c3ccncc3)NN2)CC1. The van der Waals surface area contributed by atoms with Gasteiger partial charge in [-0.2, -0.15) is 0 Å². The number of hydrazine groups is 1. The number of pyridine rings is 1. The number of aromatic nitrogens is 1. The van der Waals surface area contributed by atoms with E-state index in [-0.39, 0.29) is 24.0 Å². The normalized spacial score (nSPS) is 31.0. The minimum absolute atomic E-state index is 0.00370. The van der Waals surface area contributed by atoms with Crippen LogP contribution in [0.3, 0.4) is 0 Å². The van der Waals surface area contributed by atoms with Crippen molar-refractivity contribution in [2.75, 3.05) is 0 Å². The number of carbonyl (C=O) groups excluding carboxylic acids is 1. The van der Waals surface area contributed by atoms with Crippen LogP contribution in [0.2, 0.25) is 0 Å². The van der Waals surface area contributed by atoms with Crippen LogP contribution in [0.1, 0.15) is 64.5 Å². The summed E-state index contributed by atoms with van der Waals surface area (Å²) in [5.74, 6) is 1.12. The van der Waals surface area contributed by atoms with E-state index in [1.54, 1.807) is 12.4 Å². The first-order valence-corrected chi connectivity index (χ1v) is 9.15. The van der Waals surface area contributed by atoms with Gasteiger partial charge in [-0.05, 0) is 54.7 Å². The fraction of sp³-hybridized carbons (Fsp3) is 0.684. The van der Waals surface area contributed by atoms with E-state index in [1.807, 2.05) is 12.1 Å². The van der Waals surface area contributed by atoms with Crippen molar-refractivity contribution in [3.8, 4) is 0 Å². The van der Waals surface area contributed by atoms with Gasteiger partial charge in [0.2, 0.25) is 5.91 Å². The monoisotopic (exact) mass is 330 g/mol. The molecule has 0 spiro atoms. The number of hydrogen-bond acceptors (Lipinski definition) is 4. The van der Waals surface area contributed by atoms with E-state index in [0.29, 0.717) is 5.41 Å². The summed E-state index contributed by atoms with van der Waals surface area (Å²) in [6.07, 6.45) is 8.81. The number of carbonyl (C=O) groups is 1. The largest absolute Gasteiger partial charge is 0.339 e. The summed E-state index contributed by atoms with van der Waals surface area (Å²) < 4.78 is 0. The molecule has 3 N–H and O–H groups in total. The zero-order valence-corrected chi connectivity index (χ0v) is 15.0. The molecule has 1 aliphatic heterocycles. The molecule has 5 heteroatoms. The Bertz CT molecular complexity index is 546. The number of nitrogens with one attached hydrogen (secondary N) is 3. The van der Waals surface area contributed by atoms with Gasteiger partial charge >= 0.3 is 0 Å². The van der Waals surface area contributed by atoms with E-state index in [4.69, 9.17) is 0 Å². The third-order valence-electron chi connectivity index (χ3n) is 5.65. The molecule has 2 heterocycles. The van der Waals surface area contributed by atoms with Crippen molar-refractivity contribution in [2.45, 2.75) is 65.1 Å². The van der Waals surface area contributed by atoms with Crippen molar-refractivity contribution in [3.05, 3.63) is 30.1 Å². The van der Waals surface area contributed by atoms with Gasteiger partial charge in [0.1, 0.15) is 0 Å². The van der Waals surface area contributed by atoms with Gasteiger partial charge in [0.25, 0.3) is 0 Å². The van der Waals surface area contributed by atoms with Gasteiger partial charge in [0.15, 0.2) is 0 Å². The van der Waals surface area contributed by atoms with Crippen molar-refractivity contribution in [2.24, 2.45) is 17.3 Å². The van der Waals surface area contributed by atoms with Crippen molar-refractivity contribution in [1.29, 1.82) is 0 Å². The summed E-state index contributed by atoms with van der Waals surface area (Å²) in [4.78, 5) is 16.6. The lowest BCUT2D eigenvalue weighted by molar-refractivity contribution is -0.127. The molecule has 3 rings (SSSR count). The predicted octanol–water partition coefficient (Wildman–Crippen LogP) is 2.92. The molecule has 1 aromatic rings. The Hall–Kier alpha value is -1.46. The van der Waals surface area contributed by atoms with Gasteiger partial charge in [-0.15, -0.1) is 0 Å². The Kier molecular flexibility index (Phi) is 5.21. The van der Waals surface area contributed by atoms with Crippen LogP contribution in [0.25, 0.3) is 0 Å². The van der Waals surface area contributed by atoms with E-state index in [0.717, 1.165) is 38.0 Å². The molecule has 0 bridgehead atoms. The second-order valence-electron chi connectivity index (χ2n) is 8.33. The predicted molar refractivity (Wildman–Crippen MR) is 94.7 cm³/mol. The van der Waals surface area contributed by atoms with Crippen molar-refractivity contribution in [1.82, 2.24) is 21.2 Å². The molecule has 2 fully saturated rings. The van der Waals surface area contributed by atoms with E-state index >= 15 is 0 Å². The second kappa shape index (κ2) is 7.19. The Labute approximate surface area is 145 Å². The number of rotatable bonds is 3. The molecular weight excluding hydrogens is 300 g/mol. The van der Waals surface area contributed by atoms with Crippen LogP contribution in [-0.2, 0) is 4.79 Å². The van der Waals surface area contributed by atoms with Gasteiger partial charge in [-0.25, -0.2) is 10.9 Å². The Morgan fingerprint density at radius 2 is 1.79 bits per heavy atom. The highest BCUT2D eigenvalue weighted by Crippen LogP contribution is 2.39. The minimum Gasteiger partial charge on any atom is -0.339 e. The van der Waals surface area contributed by atoms with Gasteiger partial charge in [-0.1, -0.05) is 20.8 Å².